The summed E-state index contributed by atoms with van der Waals surface area (Å²) < 4.78 is 5.12. The standard InChI is InChI=1S/C15H20N2O5/c1-10(18)13(16-14(19)22-15(2,3)4)9-11-5-7-12(8-6-11)17(20)21/h5-8,13H,9H2,1-4H3,(H,16,19)/t13-/m0/s1. The molecule has 7 heteroatoms. The van der Waals surface area contributed by atoms with E-state index in [1.54, 1.807) is 32.9 Å². The lowest BCUT2D eigenvalue weighted by atomic mass is 10.0. The summed E-state index contributed by atoms with van der Waals surface area (Å²) in [7, 11) is 0. The van der Waals surface area contributed by atoms with Gasteiger partial charge in [0.1, 0.15) is 5.60 Å². The Hall–Kier alpha value is -2.44. The van der Waals surface area contributed by atoms with Crippen LogP contribution in [0.5, 0.6) is 0 Å². The van der Waals surface area contributed by atoms with E-state index < -0.39 is 22.7 Å². The number of carbonyl (C=O) groups excluding carboxylic acids is 2. The van der Waals surface area contributed by atoms with Crippen LogP contribution in [0.1, 0.15) is 33.3 Å². The van der Waals surface area contributed by atoms with Gasteiger partial charge in [-0.05, 0) is 39.7 Å². The molecule has 0 saturated heterocycles. The molecule has 0 aliphatic heterocycles. The Kier molecular flexibility index (Phi) is 5.62. The van der Waals surface area contributed by atoms with Crippen molar-refractivity contribution in [2.75, 3.05) is 0 Å². The van der Waals surface area contributed by atoms with E-state index in [2.05, 4.69) is 5.32 Å². The van der Waals surface area contributed by atoms with Crippen molar-refractivity contribution < 1.29 is 19.2 Å². The van der Waals surface area contributed by atoms with Crippen LogP contribution in [0.15, 0.2) is 24.3 Å². The molecule has 0 unspecified atom stereocenters. The molecule has 1 amide bonds. The normalized spacial score (nSPS) is 12.4. The first kappa shape index (κ1) is 17.6. The molecule has 0 fully saturated rings. The van der Waals surface area contributed by atoms with Gasteiger partial charge in [-0.3, -0.25) is 14.9 Å². The molecule has 0 radical (unpaired) electrons. The first-order valence-corrected chi connectivity index (χ1v) is 6.82. The van der Waals surface area contributed by atoms with Crippen LogP contribution in [-0.2, 0) is 16.0 Å². The SMILES string of the molecule is CC(=O)[C@H](Cc1ccc([N+](=O)[O-])cc1)NC(=O)OC(C)(C)C. The average Bonchev–Trinajstić information content (AvgIpc) is 2.36. The number of Topliss-reactive ketones (excluding diaryl/α,β-unsaturated/α-hetero) is 1. The van der Waals surface area contributed by atoms with E-state index in [1.807, 2.05) is 0 Å². The maximum absolute atomic E-state index is 11.7. The van der Waals surface area contributed by atoms with Gasteiger partial charge in [-0.25, -0.2) is 4.79 Å². The predicted octanol–water partition coefficient (Wildman–Crippen LogP) is 2.62. The molecule has 0 aliphatic rings. The van der Waals surface area contributed by atoms with Crippen molar-refractivity contribution in [3.8, 4) is 0 Å². The Morgan fingerprint density at radius 2 is 1.82 bits per heavy atom. The first-order chi connectivity index (χ1) is 10.1. The lowest BCUT2D eigenvalue weighted by molar-refractivity contribution is -0.384. The number of rotatable bonds is 5. The number of carbonyl (C=O) groups is 2. The van der Waals surface area contributed by atoms with Gasteiger partial charge in [0.25, 0.3) is 5.69 Å². The van der Waals surface area contributed by atoms with Gasteiger partial charge in [-0.2, -0.15) is 0 Å². The molecule has 1 N–H and O–H groups in total. The molecular formula is C15H20N2O5. The number of nitro benzene ring substituents is 1. The Balaban J connectivity index is 2.74. The molecule has 1 atom stereocenters. The van der Waals surface area contributed by atoms with E-state index in [9.17, 15) is 19.7 Å². The maximum Gasteiger partial charge on any atom is 0.408 e. The monoisotopic (exact) mass is 308 g/mol. The summed E-state index contributed by atoms with van der Waals surface area (Å²) in [5.74, 6) is -0.218. The summed E-state index contributed by atoms with van der Waals surface area (Å²) in [5, 5.41) is 13.1. The summed E-state index contributed by atoms with van der Waals surface area (Å²) in [4.78, 5) is 33.5. The zero-order valence-electron chi connectivity index (χ0n) is 13.1. The minimum absolute atomic E-state index is 0.0248. The molecule has 22 heavy (non-hydrogen) atoms. The number of alkyl carbamates (subject to hydrolysis) is 1. The third-order valence-corrected chi connectivity index (χ3v) is 2.77. The summed E-state index contributed by atoms with van der Waals surface area (Å²) in [6.45, 7) is 6.55. The Morgan fingerprint density at radius 1 is 1.27 bits per heavy atom. The molecule has 1 aromatic carbocycles. The van der Waals surface area contributed by atoms with Crippen LogP contribution in [0.2, 0.25) is 0 Å². The molecule has 1 rings (SSSR count). The highest BCUT2D eigenvalue weighted by Crippen LogP contribution is 2.14. The lowest BCUT2D eigenvalue weighted by Crippen LogP contribution is -2.43. The van der Waals surface area contributed by atoms with Gasteiger partial charge >= 0.3 is 6.09 Å². The quantitative estimate of drug-likeness (QED) is 0.666. The van der Waals surface area contributed by atoms with Crippen molar-refractivity contribution in [2.24, 2.45) is 0 Å². The second-order valence-corrected chi connectivity index (χ2v) is 5.94. The molecular weight excluding hydrogens is 288 g/mol. The number of nitro groups is 1. The van der Waals surface area contributed by atoms with Crippen LogP contribution in [-0.4, -0.2) is 28.4 Å². The van der Waals surface area contributed by atoms with E-state index in [1.165, 1.54) is 19.1 Å². The molecule has 120 valence electrons. The van der Waals surface area contributed by atoms with E-state index in [-0.39, 0.29) is 17.9 Å². The summed E-state index contributed by atoms with van der Waals surface area (Å²) >= 11 is 0. The average molecular weight is 308 g/mol. The fourth-order valence-electron chi connectivity index (χ4n) is 1.74. The van der Waals surface area contributed by atoms with Crippen molar-refractivity contribution >= 4 is 17.6 Å². The van der Waals surface area contributed by atoms with Gasteiger partial charge in [-0.15, -0.1) is 0 Å². The number of non-ortho nitro benzene ring substituents is 1. The number of benzene rings is 1. The van der Waals surface area contributed by atoms with Crippen molar-refractivity contribution in [3.05, 3.63) is 39.9 Å². The number of hydrogen-bond acceptors (Lipinski definition) is 5. The van der Waals surface area contributed by atoms with E-state index in [0.29, 0.717) is 5.56 Å². The molecule has 0 spiro atoms. The van der Waals surface area contributed by atoms with Crippen LogP contribution in [0.4, 0.5) is 10.5 Å². The highest BCUT2D eigenvalue weighted by atomic mass is 16.6. The number of ether oxygens (including phenoxy) is 1. The van der Waals surface area contributed by atoms with Gasteiger partial charge in [0.15, 0.2) is 5.78 Å². The van der Waals surface area contributed by atoms with Crippen LogP contribution in [0.25, 0.3) is 0 Å². The molecule has 0 heterocycles. The third-order valence-electron chi connectivity index (χ3n) is 2.77. The summed E-state index contributed by atoms with van der Waals surface area (Å²) in [5.41, 5.74) is 0.0313. The lowest BCUT2D eigenvalue weighted by Gasteiger charge is -2.22. The van der Waals surface area contributed by atoms with Gasteiger partial charge in [0.2, 0.25) is 0 Å². The van der Waals surface area contributed by atoms with E-state index >= 15 is 0 Å². The van der Waals surface area contributed by atoms with Gasteiger partial charge in [-0.1, -0.05) is 12.1 Å². The van der Waals surface area contributed by atoms with Crippen LogP contribution >= 0.6 is 0 Å². The zero-order valence-corrected chi connectivity index (χ0v) is 13.1. The minimum Gasteiger partial charge on any atom is -0.444 e. The zero-order chi connectivity index (χ0) is 16.9. The summed E-state index contributed by atoms with van der Waals surface area (Å²) in [6.07, 6.45) is -0.429. The van der Waals surface area contributed by atoms with Crippen molar-refractivity contribution in [3.63, 3.8) is 0 Å². The fraction of sp³-hybridized carbons (Fsp3) is 0.467. The highest BCUT2D eigenvalue weighted by molar-refractivity contribution is 5.85. The molecule has 0 aromatic heterocycles. The van der Waals surface area contributed by atoms with Crippen molar-refractivity contribution in [2.45, 2.75) is 45.8 Å². The Morgan fingerprint density at radius 3 is 2.23 bits per heavy atom. The second kappa shape index (κ2) is 7.02. The third kappa shape index (κ3) is 5.90. The van der Waals surface area contributed by atoms with E-state index in [4.69, 9.17) is 4.74 Å². The molecule has 0 saturated carbocycles. The number of hydrogen-bond donors (Lipinski definition) is 1. The molecule has 0 bridgehead atoms. The summed E-state index contributed by atoms with van der Waals surface area (Å²) in [6, 6.07) is 5.10. The van der Waals surface area contributed by atoms with Gasteiger partial charge in [0.05, 0.1) is 11.0 Å². The first-order valence-electron chi connectivity index (χ1n) is 6.82. The topological polar surface area (TPSA) is 98.5 Å². The Bertz CT molecular complexity index is 560. The van der Waals surface area contributed by atoms with Gasteiger partial charge < -0.3 is 10.1 Å². The van der Waals surface area contributed by atoms with Crippen LogP contribution in [0, 0.1) is 10.1 Å². The van der Waals surface area contributed by atoms with Gasteiger partial charge in [0, 0.05) is 12.1 Å². The maximum atomic E-state index is 11.7. The number of nitrogens with one attached hydrogen (secondary N) is 1. The van der Waals surface area contributed by atoms with Crippen LogP contribution in [0.3, 0.4) is 0 Å². The highest BCUT2D eigenvalue weighted by Gasteiger charge is 2.22. The van der Waals surface area contributed by atoms with Crippen molar-refractivity contribution in [1.29, 1.82) is 0 Å². The van der Waals surface area contributed by atoms with E-state index in [0.717, 1.165) is 0 Å². The molecule has 7 nitrogen and oxygen atoms in total. The largest absolute Gasteiger partial charge is 0.444 e. The molecule has 1 aromatic rings. The second-order valence-electron chi connectivity index (χ2n) is 5.94. The van der Waals surface area contributed by atoms with Crippen molar-refractivity contribution in [1.82, 2.24) is 5.32 Å². The Labute approximate surface area is 128 Å². The number of nitrogens with zero attached hydrogens (tertiary/aromatic N) is 1. The minimum atomic E-state index is -0.740. The fourth-order valence-corrected chi connectivity index (χ4v) is 1.74. The smallest absolute Gasteiger partial charge is 0.408 e. The molecule has 0 aliphatic carbocycles. The number of amides is 1. The number of ketones is 1. The predicted molar refractivity (Wildman–Crippen MR) is 80.6 cm³/mol. The van der Waals surface area contributed by atoms with Crippen LogP contribution < -0.4 is 5.32 Å².